The molecule has 6 rings (SSSR count). The van der Waals surface area contributed by atoms with Gasteiger partial charge < -0.3 is 34.4 Å². The molecule has 1 saturated heterocycles. The molecule has 1 aromatic heterocycles. The van der Waals surface area contributed by atoms with Crippen LogP contribution in [0, 0.1) is 18.3 Å². The molecule has 3 aromatic carbocycles. The Bertz CT molecular complexity index is 1970. The van der Waals surface area contributed by atoms with Gasteiger partial charge in [-0.3, -0.25) is 15.1 Å². The van der Waals surface area contributed by atoms with Crippen LogP contribution in [0.5, 0.6) is 17.2 Å². The summed E-state index contributed by atoms with van der Waals surface area (Å²) < 4.78 is 19.1. The Morgan fingerprint density at radius 1 is 1.09 bits per heavy atom. The molecular weight excluding hydrogens is 696 g/mol. The second-order valence-electron chi connectivity index (χ2n) is 13.7. The summed E-state index contributed by atoms with van der Waals surface area (Å²) in [4.78, 5) is 18.1. The van der Waals surface area contributed by atoms with E-state index in [1.807, 2.05) is 18.2 Å². The van der Waals surface area contributed by atoms with E-state index < -0.39 is 18.1 Å². The van der Waals surface area contributed by atoms with Gasteiger partial charge in [0.25, 0.3) is 0 Å². The number of carbonyl (C=O) groups is 1. The van der Waals surface area contributed by atoms with Crippen LogP contribution < -0.4 is 19.5 Å². The van der Waals surface area contributed by atoms with E-state index in [-0.39, 0.29) is 25.4 Å². The quantitative estimate of drug-likeness (QED) is 0.100. The first-order valence-corrected chi connectivity index (χ1v) is 18.3. The lowest BCUT2D eigenvalue weighted by atomic mass is 9.93. The van der Waals surface area contributed by atoms with Gasteiger partial charge in [-0.1, -0.05) is 41.9 Å². The number of benzene rings is 3. The maximum absolute atomic E-state index is 11.7. The number of pyridine rings is 1. The normalized spacial score (nSPS) is 17.9. The number of carboxylic acid groups (broad SMARTS) is 1. The summed E-state index contributed by atoms with van der Waals surface area (Å²) in [7, 11) is 0. The van der Waals surface area contributed by atoms with Crippen molar-refractivity contribution >= 4 is 17.6 Å². The highest BCUT2D eigenvalue weighted by atomic mass is 35.5. The van der Waals surface area contributed by atoms with Crippen molar-refractivity contribution in [2.24, 2.45) is 0 Å². The second kappa shape index (κ2) is 17.4. The fourth-order valence-corrected chi connectivity index (χ4v) is 7.33. The van der Waals surface area contributed by atoms with E-state index in [1.54, 1.807) is 24.4 Å². The summed E-state index contributed by atoms with van der Waals surface area (Å²) in [5.74, 6) is 0.501. The maximum atomic E-state index is 11.7. The Morgan fingerprint density at radius 3 is 2.66 bits per heavy atom. The minimum absolute atomic E-state index is 0.0496. The van der Waals surface area contributed by atoms with Gasteiger partial charge in [-0.2, -0.15) is 5.26 Å². The molecule has 0 bridgehead atoms. The molecule has 2 heterocycles. The lowest BCUT2D eigenvalue weighted by Crippen LogP contribution is -2.44. The number of rotatable bonds is 16. The van der Waals surface area contributed by atoms with Gasteiger partial charge in [0.2, 0.25) is 0 Å². The van der Waals surface area contributed by atoms with Gasteiger partial charge in [0.1, 0.15) is 42.1 Å². The van der Waals surface area contributed by atoms with Crippen molar-refractivity contribution in [3.8, 4) is 34.4 Å². The van der Waals surface area contributed by atoms with Crippen molar-refractivity contribution < 1.29 is 34.3 Å². The zero-order valence-electron chi connectivity index (χ0n) is 29.9. The van der Waals surface area contributed by atoms with Crippen molar-refractivity contribution in [3.63, 3.8) is 0 Å². The zero-order chi connectivity index (χ0) is 37.5. The number of halogens is 1. The summed E-state index contributed by atoms with van der Waals surface area (Å²) in [6.45, 7) is 6.81. The number of nitriles is 1. The third-order valence-corrected chi connectivity index (χ3v) is 10.2. The van der Waals surface area contributed by atoms with E-state index in [9.17, 15) is 25.4 Å². The number of hydrogen-bond acceptors (Lipinski definition) is 10. The molecule has 2 aliphatic rings. The second-order valence-corrected chi connectivity index (χ2v) is 14.1. The number of aromatic nitrogens is 1. The Morgan fingerprint density at radius 2 is 1.91 bits per heavy atom. The largest absolute Gasteiger partial charge is 0.493 e. The number of nitrogens with one attached hydrogen (secondary N) is 1. The number of aliphatic carboxylic acids is 1. The maximum Gasteiger partial charge on any atom is 0.323 e. The SMILES string of the molecule is Cc1c(OCCCN2CC[C@@H](O)C2)cccc1-c1cccc2c1CC[C@@H]2Oc1cc(OCc2cncc(C#N)c2)c(CN[C@H](C(=O)O)[C@@H](C)O)cc1Cl. The molecule has 0 unspecified atom stereocenters. The first-order valence-electron chi connectivity index (χ1n) is 18.0. The van der Waals surface area contributed by atoms with Gasteiger partial charge in [0, 0.05) is 55.8 Å². The van der Waals surface area contributed by atoms with Crippen LogP contribution in [-0.2, 0) is 24.4 Å². The topological polar surface area (TPSA) is 157 Å². The third kappa shape index (κ3) is 9.27. The third-order valence-electron chi connectivity index (χ3n) is 9.88. The number of fused-ring (bicyclic) bond motifs is 1. The standard InChI is InChI=1S/C41H45ClN4O7/c1-25-31(6-4-9-36(25)51-15-5-13-46-14-12-30(48)23-46)32-7-3-8-34-33(32)10-11-37(34)53-39-18-38(52-24-28-16-27(19-43)20-44-21-28)29(17-35(39)42)22-45-40(26(2)47)41(49)50/h3-4,6-9,16-18,20-21,26,30,37,40,45,47-48H,5,10-15,22-24H2,1-2H3,(H,49,50)/t26-,30-,37+,40+/m1/s1. The molecule has 12 heteroatoms. The molecule has 11 nitrogen and oxygen atoms in total. The van der Waals surface area contributed by atoms with Crippen LogP contribution in [-0.4, -0.2) is 75.7 Å². The number of β-amino-alcohol motifs (C(OH)–C–C–N with tert-alkyl or cyclic N) is 1. The first-order chi connectivity index (χ1) is 25.6. The highest BCUT2D eigenvalue weighted by Gasteiger charge is 2.29. The Balaban J connectivity index is 1.20. The monoisotopic (exact) mass is 740 g/mol. The van der Waals surface area contributed by atoms with Gasteiger partial charge in [0.05, 0.1) is 29.4 Å². The Hall–Kier alpha value is -4.70. The number of aliphatic hydroxyl groups is 2. The van der Waals surface area contributed by atoms with Crippen LogP contribution in [0.25, 0.3) is 11.1 Å². The molecule has 4 aromatic rings. The van der Waals surface area contributed by atoms with E-state index in [1.165, 1.54) is 18.7 Å². The highest BCUT2D eigenvalue weighted by Crippen LogP contribution is 2.44. The fraction of sp³-hybridized carbons (Fsp3) is 0.390. The summed E-state index contributed by atoms with van der Waals surface area (Å²) in [5, 5.41) is 41.9. The van der Waals surface area contributed by atoms with Crippen LogP contribution in [0.4, 0.5) is 0 Å². The Kier molecular flexibility index (Phi) is 12.5. The number of aliphatic hydroxyl groups excluding tert-OH is 2. The first kappa shape index (κ1) is 38.0. The van der Waals surface area contributed by atoms with Crippen molar-refractivity contribution in [2.75, 3.05) is 26.2 Å². The number of likely N-dealkylation sites (tertiary alicyclic amines) is 1. The number of carboxylic acids is 1. The number of hydrogen-bond donors (Lipinski definition) is 4. The molecule has 0 amide bonds. The van der Waals surface area contributed by atoms with Crippen LogP contribution in [0.1, 0.15) is 65.7 Å². The molecule has 278 valence electrons. The van der Waals surface area contributed by atoms with E-state index >= 15 is 0 Å². The molecule has 1 fully saturated rings. The molecule has 53 heavy (non-hydrogen) atoms. The lowest BCUT2D eigenvalue weighted by molar-refractivity contribution is -0.142. The molecule has 1 aliphatic heterocycles. The van der Waals surface area contributed by atoms with Crippen LogP contribution in [0.3, 0.4) is 0 Å². The van der Waals surface area contributed by atoms with Gasteiger partial charge in [-0.15, -0.1) is 0 Å². The Labute approximate surface area is 314 Å². The minimum atomic E-state index is -1.20. The molecule has 4 atom stereocenters. The minimum Gasteiger partial charge on any atom is -0.493 e. The lowest BCUT2D eigenvalue weighted by Gasteiger charge is -2.21. The number of ether oxygens (including phenoxy) is 3. The average Bonchev–Trinajstić information content (AvgIpc) is 3.76. The van der Waals surface area contributed by atoms with E-state index in [0.717, 1.165) is 73.3 Å². The fourth-order valence-electron chi connectivity index (χ4n) is 7.10. The van der Waals surface area contributed by atoms with Gasteiger partial charge in [-0.05, 0) is 85.5 Å². The van der Waals surface area contributed by atoms with Gasteiger partial charge >= 0.3 is 5.97 Å². The molecule has 4 N–H and O–H groups in total. The molecular formula is C41H45ClN4O7. The highest BCUT2D eigenvalue weighted by molar-refractivity contribution is 6.32. The van der Waals surface area contributed by atoms with E-state index in [0.29, 0.717) is 39.8 Å². The molecule has 0 spiro atoms. The van der Waals surface area contributed by atoms with E-state index in [4.69, 9.17) is 25.8 Å². The van der Waals surface area contributed by atoms with Crippen LogP contribution in [0.15, 0.2) is 67.0 Å². The van der Waals surface area contributed by atoms with Gasteiger partial charge in [-0.25, -0.2) is 0 Å². The van der Waals surface area contributed by atoms with Crippen molar-refractivity contribution in [3.05, 3.63) is 105 Å². The molecule has 1 aliphatic carbocycles. The van der Waals surface area contributed by atoms with E-state index in [2.05, 4.69) is 46.4 Å². The predicted molar refractivity (Wildman–Crippen MR) is 200 cm³/mol. The van der Waals surface area contributed by atoms with Crippen LogP contribution >= 0.6 is 11.6 Å². The summed E-state index contributed by atoms with van der Waals surface area (Å²) >= 11 is 6.82. The summed E-state index contributed by atoms with van der Waals surface area (Å²) in [5.41, 5.74) is 7.26. The zero-order valence-corrected chi connectivity index (χ0v) is 30.7. The number of nitrogens with zero attached hydrogens (tertiary/aromatic N) is 3. The van der Waals surface area contributed by atoms with Crippen molar-refractivity contribution in [1.29, 1.82) is 5.26 Å². The summed E-state index contributed by atoms with van der Waals surface area (Å²) in [6.07, 6.45) is 4.73. The predicted octanol–water partition coefficient (Wildman–Crippen LogP) is 5.99. The molecule has 0 radical (unpaired) electrons. The average molecular weight is 741 g/mol. The van der Waals surface area contributed by atoms with Crippen molar-refractivity contribution in [2.45, 2.75) is 77.0 Å². The smallest absolute Gasteiger partial charge is 0.323 e. The molecule has 0 saturated carbocycles. The summed E-state index contributed by atoms with van der Waals surface area (Å²) in [6, 6.07) is 18.4. The van der Waals surface area contributed by atoms with Gasteiger partial charge in [0.15, 0.2) is 0 Å². The van der Waals surface area contributed by atoms with Crippen molar-refractivity contribution in [1.82, 2.24) is 15.2 Å². The van der Waals surface area contributed by atoms with Crippen LogP contribution in [0.2, 0.25) is 5.02 Å².